The van der Waals surface area contributed by atoms with Gasteiger partial charge in [0.1, 0.15) is 17.3 Å². The van der Waals surface area contributed by atoms with Gasteiger partial charge in [-0.2, -0.15) is 0 Å². The molecular formula is C14H17FN2O4S. The number of halogens is 1. The van der Waals surface area contributed by atoms with E-state index in [2.05, 4.69) is 5.32 Å². The highest BCUT2D eigenvalue weighted by Gasteiger charge is 2.25. The Balaban J connectivity index is 1.88. The molecule has 1 N–H and O–H groups in total. The van der Waals surface area contributed by atoms with Gasteiger partial charge in [0.25, 0.3) is 0 Å². The van der Waals surface area contributed by atoms with E-state index in [-0.39, 0.29) is 0 Å². The first kappa shape index (κ1) is 16.4. The monoisotopic (exact) mass is 328 g/mol. The van der Waals surface area contributed by atoms with Crippen molar-refractivity contribution in [3.05, 3.63) is 30.1 Å². The second-order valence-corrected chi connectivity index (χ2v) is 7.24. The summed E-state index contributed by atoms with van der Waals surface area (Å²) in [7, 11) is -3.82. The fourth-order valence-corrected chi connectivity index (χ4v) is 3.36. The molecule has 0 unspecified atom stereocenters. The summed E-state index contributed by atoms with van der Waals surface area (Å²) in [6.07, 6.45) is 1.74. The second kappa shape index (κ2) is 6.87. The van der Waals surface area contributed by atoms with Crippen molar-refractivity contribution in [2.45, 2.75) is 12.8 Å². The average Bonchev–Trinajstić information content (AvgIpc) is 2.94. The lowest BCUT2D eigenvalue weighted by atomic mass is 10.3. The number of nitrogens with zero attached hydrogens (tertiary/aromatic N) is 1. The first-order chi connectivity index (χ1) is 10.4. The molecule has 0 atom stereocenters. The van der Waals surface area contributed by atoms with Gasteiger partial charge in [-0.3, -0.25) is 9.59 Å². The summed E-state index contributed by atoms with van der Waals surface area (Å²) in [5.41, 5.74) is 0.299. The smallest absolute Gasteiger partial charge is 0.239 e. The zero-order valence-electron chi connectivity index (χ0n) is 11.9. The van der Waals surface area contributed by atoms with Gasteiger partial charge in [-0.05, 0) is 37.1 Å². The maximum atomic E-state index is 12.7. The first-order valence-corrected chi connectivity index (χ1v) is 8.71. The molecule has 0 spiro atoms. The number of rotatable bonds is 5. The number of benzene rings is 1. The van der Waals surface area contributed by atoms with E-state index in [1.807, 2.05) is 0 Å². The number of anilines is 1. The Hall–Kier alpha value is -1.96. The minimum Gasteiger partial charge on any atom is -0.342 e. The van der Waals surface area contributed by atoms with Crippen LogP contribution >= 0.6 is 0 Å². The fraction of sp³-hybridized carbons (Fsp3) is 0.429. The lowest BCUT2D eigenvalue weighted by Crippen LogP contribution is -2.36. The molecule has 1 aromatic carbocycles. The van der Waals surface area contributed by atoms with Crippen LogP contribution in [-0.4, -0.2) is 49.7 Å². The number of amides is 2. The molecule has 0 saturated carbocycles. The molecule has 1 heterocycles. The Morgan fingerprint density at radius 1 is 1.09 bits per heavy atom. The molecule has 2 rings (SSSR count). The van der Waals surface area contributed by atoms with Crippen LogP contribution < -0.4 is 5.32 Å². The molecule has 0 radical (unpaired) electrons. The van der Waals surface area contributed by atoms with Gasteiger partial charge in [0.15, 0.2) is 9.84 Å². The minimum absolute atomic E-state index is 0.299. The number of nitrogens with one attached hydrogen (secondary N) is 1. The van der Waals surface area contributed by atoms with Crippen molar-refractivity contribution >= 4 is 27.3 Å². The molecule has 0 aromatic heterocycles. The van der Waals surface area contributed by atoms with E-state index < -0.39 is 39.0 Å². The maximum absolute atomic E-state index is 12.7. The summed E-state index contributed by atoms with van der Waals surface area (Å²) in [4.78, 5) is 25.0. The standard InChI is InChI=1S/C14H17FN2O4S/c15-11-3-5-12(6-4-11)16-13(18)9-22(20,21)10-14(19)17-7-1-2-8-17/h3-6H,1-2,7-10H2,(H,16,18). The zero-order valence-corrected chi connectivity index (χ0v) is 12.7. The number of carbonyl (C=O) groups excluding carboxylic acids is 2. The Labute approximate surface area is 128 Å². The van der Waals surface area contributed by atoms with Crippen LogP contribution in [0.4, 0.5) is 10.1 Å². The molecular weight excluding hydrogens is 311 g/mol. The summed E-state index contributed by atoms with van der Waals surface area (Å²) in [5, 5.41) is 2.36. The second-order valence-electron chi connectivity index (χ2n) is 5.18. The Bertz CT molecular complexity index is 652. The van der Waals surface area contributed by atoms with Gasteiger partial charge in [-0.25, -0.2) is 12.8 Å². The third kappa shape index (κ3) is 4.80. The molecule has 6 nitrogen and oxygen atoms in total. The van der Waals surface area contributed by atoms with Crippen molar-refractivity contribution < 1.29 is 22.4 Å². The molecule has 1 fully saturated rings. The van der Waals surface area contributed by atoms with Gasteiger partial charge in [-0.15, -0.1) is 0 Å². The van der Waals surface area contributed by atoms with E-state index in [4.69, 9.17) is 0 Å². The lowest BCUT2D eigenvalue weighted by molar-refractivity contribution is -0.127. The van der Waals surface area contributed by atoms with E-state index in [1.54, 1.807) is 0 Å². The van der Waals surface area contributed by atoms with Crippen LogP contribution in [0.15, 0.2) is 24.3 Å². The number of hydrogen-bond donors (Lipinski definition) is 1. The van der Waals surface area contributed by atoms with Crippen LogP contribution in [0.3, 0.4) is 0 Å². The maximum Gasteiger partial charge on any atom is 0.239 e. The van der Waals surface area contributed by atoms with Crippen molar-refractivity contribution in [3.63, 3.8) is 0 Å². The molecule has 22 heavy (non-hydrogen) atoms. The SMILES string of the molecule is O=C(CS(=O)(=O)CC(=O)N1CCCC1)Nc1ccc(F)cc1. The van der Waals surface area contributed by atoms with Crippen molar-refractivity contribution in [1.82, 2.24) is 4.90 Å². The molecule has 120 valence electrons. The van der Waals surface area contributed by atoms with Gasteiger partial charge in [0, 0.05) is 18.8 Å². The van der Waals surface area contributed by atoms with Crippen LogP contribution in [0.2, 0.25) is 0 Å². The first-order valence-electron chi connectivity index (χ1n) is 6.89. The highest BCUT2D eigenvalue weighted by molar-refractivity contribution is 7.92. The largest absolute Gasteiger partial charge is 0.342 e. The molecule has 8 heteroatoms. The number of likely N-dealkylation sites (tertiary alicyclic amines) is 1. The van der Waals surface area contributed by atoms with E-state index in [1.165, 1.54) is 17.0 Å². The van der Waals surface area contributed by atoms with Crippen molar-refractivity contribution in [2.75, 3.05) is 29.9 Å². The summed E-state index contributed by atoms with van der Waals surface area (Å²) in [5.74, 6) is -3.11. The van der Waals surface area contributed by atoms with E-state index >= 15 is 0 Å². The molecule has 1 aliphatic heterocycles. The minimum atomic E-state index is -3.82. The zero-order chi connectivity index (χ0) is 16.2. The fourth-order valence-electron chi connectivity index (χ4n) is 2.23. The Morgan fingerprint density at radius 3 is 2.27 bits per heavy atom. The van der Waals surface area contributed by atoms with Gasteiger partial charge >= 0.3 is 0 Å². The number of hydrogen-bond acceptors (Lipinski definition) is 4. The predicted octanol–water partition coefficient (Wildman–Crippen LogP) is 0.801. The van der Waals surface area contributed by atoms with Gasteiger partial charge in [0.2, 0.25) is 11.8 Å². The van der Waals surface area contributed by atoms with Gasteiger partial charge in [-0.1, -0.05) is 0 Å². The third-order valence-corrected chi connectivity index (χ3v) is 4.67. The van der Waals surface area contributed by atoms with Crippen LogP contribution in [0.25, 0.3) is 0 Å². The normalized spacial score (nSPS) is 14.9. The van der Waals surface area contributed by atoms with Crippen LogP contribution in [0, 0.1) is 5.82 Å². The average molecular weight is 328 g/mol. The molecule has 1 aliphatic rings. The number of carbonyl (C=O) groups is 2. The summed E-state index contributed by atoms with van der Waals surface area (Å²) in [6, 6.07) is 4.96. The quantitative estimate of drug-likeness (QED) is 0.867. The summed E-state index contributed by atoms with van der Waals surface area (Å²) < 4.78 is 36.5. The molecule has 0 bridgehead atoms. The summed E-state index contributed by atoms with van der Waals surface area (Å²) in [6.45, 7) is 1.13. The summed E-state index contributed by atoms with van der Waals surface area (Å²) >= 11 is 0. The molecule has 1 saturated heterocycles. The van der Waals surface area contributed by atoms with Crippen LogP contribution in [-0.2, 0) is 19.4 Å². The number of sulfone groups is 1. The van der Waals surface area contributed by atoms with Gasteiger partial charge < -0.3 is 10.2 Å². The van der Waals surface area contributed by atoms with Crippen molar-refractivity contribution in [1.29, 1.82) is 0 Å². The van der Waals surface area contributed by atoms with Crippen LogP contribution in [0.1, 0.15) is 12.8 Å². The highest BCUT2D eigenvalue weighted by Crippen LogP contribution is 2.10. The van der Waals surface area contributed by atoms with E-state index in [0.717, 1.165) is 25.0 Å². The van der Waals surface area contributed by atoms with Crippen molar-refractivity contribution in [3.8, 4) is 0 Å². The molecule has 1 aromatic rings. The molecule has 0 aliphatic carbocycles. The van der Waals surface area contributed by atoms with Crippen molar-refractivity contribution in [2.24, 2.45) is 0 Å². The molecule has 2 amide bonds. The third-order valence-electron chi connectivity index (χ3n) is 3.28. The Morgan fingerprint density at radius 2 is 1.68 bits per heavy atom. The lowest BCUT2D eigenvalue weighted by Gasteiger charge is -2.15. The highest BCUT2D eigenvalue weighted by atomic mass is 32.2. The van der Waals surface area contributed by atoms with E-state index in [9.17, 15) is 22.4 Å². The van der Waals surface area contributed by atoms with Gasteiger partial charge in [0.05, 0.1) is 0 Å². The van der Waals surface area contributed by atoms with Crippen LogP contribution in [0.5, 0.6) is 0 Å². The topological polar surface area (TPSA) is 83.5 Å². The Kier molecular flexibility index (Phi) is 5.12. The predicted molar refractivity (Wildman–Crippen MR) is 79.5 cm³/mol. The van der Waals surface area contributed by atoms with E-state index in [0.29, 0.717) is 18.8 Å².